The lowest BCUT2D eigenvalue weighted by molar-refractivity contribution is -0.116. The number of hydrogen-bond acceptors (Lipinski definition) is 4. The zero-order chi connectivity index (χ0) is 19.1. The molecule has 8 heteroatoms. The standard InChI is InChI=1S/C19H13F2N3O2S/c1-10-22-17-12-4-2-3-5-15(12)27-18(17)19(26)24(10)9-16(25)23-14-8-11(20)6-7-13(14)21/h2-8H,9H2,1H3,(H,23,25). The number of carbonyl (C=O) groups excluding carboxylic acids is 1. The van der Waals surface area contributed by atoms with E-state index in [2.05, 4.69) is 10.3 Å². The van der Waals surface area contributed by atoms with E-state index in [9.17, 15) is 18.4 Å². The Morgan fingerprint density at radius 3 is 2.81 bits per heavy atom. The maximum atomic E-state index is 13.7. The van der Waals surface area contributed by atoms with Crippen molar-refractivity contribution in [1.82, 2.24) is 9.55 Å². The average molecular weight is 385 g/mol. The van der Waals surface area contributed by atoms with E-state index < -0.39 is 17.5 Å². The number of benzene rings is 2. The van der Waals surface area contributed by atoms with Crippen LogP contribution in [-0.2, 0) is 11.3 Å². The van der Waals surface area contributed by atoms with Gasteiger partial charge < -0.3 is 5.32 Å². The zero-order valence-electron chi connectivity index (χ0n) is 14.1. The van der Waals surface area contributed by atoms with Crippen LogP contribution in [0.25, 0.3) is 20.3 Å². The summed E-state index contributed by atoms with van der Waals surface area (Å²) in [5.74, 6) is -1.71. The summed E-state index contributed by atoms with van der Waals surface area (Å²) >= 11 is 1.31. The molecule has 0 unspecified atom stereocenters. The Morgan fingerprint density at radius 1 is 1.22 bits per heavy atom. The first kappa shape index (κ1) is 17.3. The summed E-state index contributed by atoms with van der Waals surface area (Å²) in [6.07, 6.45) is 0. The van der Waals surface area contributed by atoms with Gasteiger partial charge in [0.15, 0.2) is 0 Å². The van der Waals surface area contributed by atoms with Crippen LogP contribution < -0.4 is 10.9 Å². The monoisotopic (exact) mass is 385 g/mol. The summed E-state index contributed by atoms with van der Waals surface area (Å²) < 4.78 is 29.5. The molecule has 0 aliphatic rings. The molecule has 4 rings (SSSR count). The third-order valence-corrected chi connectivity index (χ3v) is 5.33. The highest BCUT2D eigenvalue weighted by Gasteiger charge is 2.16. The van der Waals surface area contributed by atoms with Crippen LogP contribution in [0.1, 0.15) is 5.82 Å². The second kappa shape index (κ2) is 6.55. The molecule has 0 aliphatic heterocycles. The maximum Gasteiger partial charge on any atom is 0.272 e. The van der Waals surface area contributed by atoms with Gasteiger partial charge in [0, 0.05) is 16.2 Å². The minimum absolute atomic E-state index is 0.276. The van der Waals surface area contributed by atoms with Crippen LogP contribution >= 0.6 is 11.3 Å². The quantitative estimate of drug-likeness (QED) is 0.583. The molecule has 2 heterocycles. The van der Waals surface area contributed by atoms with Crippen molar-refractivity contribution >= 4 is 43.2 Å². The number of aryl methyl sites for hydroxylation is 1. The lowest BCUT2D eigenvalue weighted by Crippen LogP contribution is -2.30. The van der Waals surface area contributed by atoms with Crippen LogP contribution in [0.2, 0.25) is 0 Å². The fourth-order valence-corrected chi connectivity index (χ4v) is 3.98. The molecule has 0 radical (unpaired) electrons. The number of anilines is 1. The number of thiophene rings is 1. The second-order valence-electron chi connectivity index (χ2n) is 6.00. The van der Waals surface area contributed by atoms with Crippen molar-refractivity contribution in [3.63, 3.8) is 0 Å². The summed E-state index contributed by atoms with van der Waals surface area (Å²) in [5.41, 5.74) is -0.0129. The zero-order valence-corrected chi connectivity index (χ0v) is 14.9. The van der Waals surface area contributed by atoms with Crippen LogP contribution in [0, 0.1) is 18.6 Å². The maximum absolute atomic E-state index is 13.7. The number of hydrogen-bond donors (Lipinski definition) is 1. The number of rotatable bonds is 3. The molecule has 27 heavy (non-hydrogen) atoms. The first-order valence-electron chi connectivity index (χ1n) is 8.07. The molecular formula is C19H13F2N3O2S. The smallest absolute Gasteiger partial charge is 0.272 e. The van der Waals surface area contributed by atoms with Gasteiger partial charge in [0.25, 0.3) is 5.56 Å². The van der Waals surface area contributed by atoms with Gasteiger partial charge in [-0.2, -0.15) is 0 Å². The highest BCUT2D eigenvalue weighted by atomic mass is 32.1. The number of aromatic nitrogens is 2. The van der Waals surface area contributed by atoms with Crippen molar-refractivity contribution < 1.29 is 13.6 Å². The molecule has 0 saturated carbocycles. The van der Waals surface area contributed by atoms with Gasteiger partial charge in [-0.25, -0.2) is 13.8 Å². The predicted octanol–water partition coefficient (Wildman–Crippen LogP) is 3.84. The Hall–Kier alpha value is -3.13. The Bertz CT molecular complexity index is 1260. The lowest BCUT2D eigenvalue weighted by atomic mass is 10.2. The van der Waals surface area contributed by atoms with E-state index in [0.29, 0.717) is 16.0 Å². The summed E-state index contributed by atoms with van der Waals surface area (Å²) in [6, 6.07) is 10.3. The molecule has 0 bridgehead atoms. The number of amides is 1. The molecule has 0 spiro atoms. The van der Waals surface area contributed by atoms with E-state index in [0.717, 1.165) is 28.3 Å². The number of fused-ring (bicyclic) bond motifs is 3. The third-order valence-electron chi connectivity index (χ3n) is 4.18. The molecular weight excluding hydrogens is 372 g/mol. The van der Waals surface area contributed by atoms with E-state index in [-0.39, 0.29) is 17.8 Å². The molecule has 5 nitrogen and oxygen atoms in total. The second-order valence-corrected chi connectivity index (χ2v) is 7.05. The van der Waals surface area contributed by atoms with Crippen LogP contribution in [0.5, 0.6) is 0 Å². The number of nitrogens with zero attached hydrogens (tertiary/aromatic N) is 2. The first-order valence-corrected chi connectivity index (χ1v) is 8.89. The van der Waals surface area contributed by atoms with Crippen LogP contribution in [0.15, 0.2) is 47.3 Å². The number of carbonyl (C=O) groups is 1. The SMILES string of the molecule is Cc1nc2c(sc3ccccc32)c(=O)n1CC(=O)Nc1cc(F)ccc1F. The lowest BCUT2D eigenvalue weighted by Gasteiger charge is -2.10. The molecule has 0 aliphatic carbocycles. The van der Waals surface area contributed by atoms with E-state index in [1.807, 2.05) is 24.3 Å². The van der Waals surface area contributed by atoms with Gasteiger partial charge in [-0.15, -0.1) is 11.3 Å². The van der Waals surface area contributed by atoms with Gasteiger partial charge in [0.2, 0.25) is 5.91 Å². The Labute approximate surface area is 155 Å². The number of halogens is 2. The fourth-order valence-electron chi connectivity index (χ4n) is 2.89. The van der Waals surface area contributed by atoms with Crippen molar-refractivity contribution in [3.05, 3.63) is 70.3 Å². The van der Waals surface area contributed by atoms with E-state index in [1.165, 1.54) is 15.9 Å². The van der Waals surface area contributed by atoms with Gasteiger partial charge in [-0.05, 0) is 25.1 Å². The highest BCUT2D eigenvalue weighted by molar-refractivity contribution is 7.25. The minimum atomic E-state index is -0.757. The van der Waals surface area contributed by atoms with Gasteiger partial charge in [-0.1, -0.05) is 18.2 Å². The molecule has 4 aromatic rings. The minimum Gasteiger partial charge on any atom is -0.322 e. The summed E-state index contributed by atoms with van der Waals surface area (Å²) in [5, 5.41) is 3.18. The van der Waals surface area contributed by atoms with Crippen molar-refractivity contribution in [2.45, 2.75) is 13.5 Å². The summed E-state index contributed by atoms with van der Waals surface area (Å²) in [4.78, 5) is 29.6. The molecule has 0 fully saturated rings. The molecule has 1 N–H and O–H groups in total. The average Bonchev–Trinajstić information content (AvgIpc) is 3.01. The highest BCUT2D eigenvalue weighted by Crippen LogP contribution is 2.30. The summed E-state index contributed by atoms with van der Waals surface area (Å²) in [7, 11) is 0. The van der Waals surface area contributed by atoms with Crippen molar-refractivity contribution in [3.8, 4) is 0 Å². The summed E-state index contributed by atoms with van der Waals surface area (Å²) in [6.45, 7) is 1.28. The van der Waals surface area contributed by atoms with E-state index >= 15 is 0 Å². The fraction of sp³-hybridized carbons (Fsp3) is 0.105. The Morgan fingerprint density at radius 2 is 2.00 bits per heavy atom. The molecule has 2 aromatic carbocycles. The van der Waals surface area contributed by atoms with Gasteiger partial charge in [0.05, 0.1) is 11.2 Å². The van der Waals surface area contributed by atoms with Crippen LogP contribution in [0.4, 0.5) is 14.5 Å². The molecule has 136 valence electrons. The van der Waals surface area contributed by atoms with E-state index in [4.69, 9.17) is 0 Å². The number of nitrogens with one attached hydrogen (secondary N) is 1. The molecule has 2 aromatic heterocycles. The Balaban J connectivity index is 1.71. The van der Waals surface area contributed by atoms with Crippen LogP contribution in [-0.4, -0.2) is 15.5 Å². The normalized spacial score (nSPS) is 11.2. The molecule has 0 saturated heterocycles. The predicted molar refractivity (Wildman–Crippen MR) is 101 cm³/mol. The largest absolute Gasteiger partial charge is 0.322 e. The van der Waals surface area contributed by atoms with Gasteiger partial charge >= 0.3 is 0 Å². The van der Waals surface area contributed by atoms with Gasteiger partial charge in [0.1, 0.15) is 28.7 Å². The first-order chi connectivity index (χ1) is 12.9. The van der Waals surface area contributed by atoms with Crippen molar-refractivity contribution in [2.24, 2.45) is 0 Å². The van der Waals surface area contributed by atoms with E-state index in [1.54, 1.807) is 6.92 Å². The van der Waals surface area contributed by atoms with Crippen molar-refractivity contribution in [1.29, 1.82) is 0 Å². The van der Waals surface area contributed by atoms with Gasteiger partial charge in [-0.3, -0.25) is 14.2 Å². The van der Waals surface area contributed by atoms with Crippen LogP contribution in [0.3, 0.4) is 0 Å². The van der Waals surface area contributed by atoms with Crippen molar-refractivity contribution in [2.75, 3.05) is 5.32 Å². The third kappa shape index (κ3) is 3.08. The molecule has 1 amide bonds. The topological polar surface area (TPSA) is 64.0 Å². The Kier molecular flexibility index (Phi) is 4.19. The molecule has 0 atom stereocenters.